The van der Waals surface area contributed by atoms with E-state index in [0.717, 1.165) is 15.6 Å². The highest BCUT2D eigenvalue weighted by Crippen LogP contribution is 2.29. The molecule has 0 saturated carbocycles. The van der Waals surface area contributed by atoms with E-state index in [0.29, 0.717) is 12.2 Å². The fraction of sp³-hybridized carbons (Fsp3) is 0.174. The van der Waals surface area contributed by atoms with Gasteiger partial charge in [-0.2, -0.15) is 0 Å². The first-order valence-corrected chi connectivity index (χ1v) is 9.79. The molecule has 2 atom stereocenters. The van der Waals surface area contributed by atoms with E-state index in [1.807, 2.05) is 91.9 Å². The van der Waals surface area contributed by atoms with Crippen LogP contribution in [0.25, 0.3) is 0 Å². The third-order valence-electron chi connectivity index (χ3n) is 4.32. The minimum absolute atomic E-state index is 0.133. The fourth-order valence-electron chi connectivity index (χ4n) is 2.92. The Balaban J connectivity index is 1.85. The fourth-order valence-corrected chi connectivity index (χ4v) is 3.43. The van der Waals surface area contributed by atoms with Crippen molar-refractivity contribution in [3.8, 4) is 5.75 Å². The Kier molecular flexibility index (Phi) is 6.66. The maximum absolute atomic E-state index is 13.0. The molecule has 0 aromatic heterocycles. The number of hydrogen-bond acceptors (Lipinski definition) is 2. The van der Waals surface area contributed by atoms with Gasteiger partial charge in [0.1, 0.15) is 5.75 Å². The van der Waals surface area contributed by atoms with Crippen molar-refractivity contribution in [2.24, 2.45) is 0 Å². The molecule has 0 aliphatic heterocycles. The molecule has 3 rings (SSSR count). The predicted octanol–water partition coefficient (Wildman–Crippen LogP) is 5.51. The van der Waals surface area contributed by atoms with Gasteiger partial charge >= 0.3 is 0 Å². The van der Waals surface area contributed by atoms with E-state index in [2.05, 4.69) is 21.2 Å². The molecule has 138 valence electrons. The standard InChI is InChI=1S/C23H22BrNO2/c1-2-21(27-18-13-7-4-8-14-18)23(26)25-22(17-11-5-3-6-12-17)19-15-9-10-16-20(19)24/h3-16,21-22H,2H2,1H3,(H,25,26)/t21-,22+/m1/s1. The number of ether oxygens (including phenoxy) is 1. The molecule has 0 spiro atoms. The molecular weight excluding hydrogens is 402 g/mol. The maximum Gasteiger partial charge on any atom is 0.261 e. The van der Waals surface area contributed by atoms with Crippen LogP contribution >= 0.6 is 15.9 Å². The summed E-state index contributed by atoms with van der Waals surface area (Å²) in [6, 6.07) is 27.1. The van der Waals surface area contributed by atoms with Crippen molar-refractivity contribution in [3.63, 3.8) is 0 Å². The van der Waals surface area contributed by atoms with Gasteiger partial charge in [0, 0.05) is 4.47 Å². The summed E-state index contributed by atoms with van der Waals surface area (Å²) in [6.07, 6.45) is 0.0270. The van der Waals surface area contributed by atoms with Gasteiger partial charge in [-0.1, -0.05) is 89.6 Å². The van der Waals surface area contributed by atoms with Crippen LogP contribution in [0.4, 0.5) is 0 Å². The summed E-state index contributed by atoms with van der Waals surface area (Å²) in [7, 11) is 0. The molecule has 0 radical (unpaired) electrons. The van der Waals surface area contributed by atoms with Crippen molar-refractivity contribution < 1.29 is 9.53 Å². The van der Waals surface area contributed by atoms with Crippen LogP contribution in [0, 0.1) is 0 Å². The summed E-state index contributed by atoms with van der Waals surface area (Å²) in [5, 5.41) is 3.17. The van der Waals surface area contributed by atoms with Crippen LogP contribution in [-0.2, 0) is 4.79 Å². The molecule has 1 N–H and O–H groups in total. The predicted molar refractivity (Wildman–Crippen MR) is 112 cm³/mol. The topological polar surface area (TPSA) is 38.3 Å². The number of para-hydroxylation sites is 1. The second-order valence-corrected chi connectivity index (χ2v) is 7.06. The van der Waals surface area contributed by atoms with Gasteiger partial charge in [0.2, 0.25) is 0 Å². The minimum atomic E-state index is -0.555. The highest BCUT2D eigenvalue weighted by atomic mass is 79.9. The summed E-state index contributed by atoms with van der Waals surface area (Å²) in [5.41, 5.74) is 2.03. The smallest absolute Gasteiger partial charge is 0.261 e. The normalized spacial score (nSPS) is 12.8. The highest BCUT2D eigenvalue weighted by Gasteiger charge is 2.24. The number of benzene rings is 3. The van der Waals surface area contributed by atoms with Crippen LogP contribution in [0.1, 0.15) is 30.5 Å². The van der Waals surface area contributed by atoms with E-state index >= 15 is 0 Å². The Morgan fingerprint density at radius 3 is 2.15 bits per heavy atom. The van der Waals surface area contributed by atoms with Gasteiger partial charge in [0.25, 0.3) is 5.91 Å². The SMILES string of the molecule is CC[C@@H](Oc1ccccc1)C(=O)N[C@@H](c1ccccc1)c1ccccc1Br. The minimum Gasteiger partial charge on any atom is -0.481 e. The number of carbonyl (C=O) groups excluding carboxylic acids is 1. The number of amides is 1. The molecule has 3 nitrogen and oxygen atoms in total. The first-order valence-electron chi connectivity index (χ1n) is 9.00. The van der Waals surface area contributed by atoms with E-state index in [1.54, 1.807) is 0 Å². The third-order valence-corrected chi connectivity index (χ3v) is 5.04. The zero-order valence-corrected chi connectivity index (χ0v) is 16.7. The van der Waals surface area contributed by atoms with Crippen LogP contribution < -0.4 is 10.1 Å². The van der Waals surface area contributed by atoms with Crippen LogP contribution in [0.3, 0.4) is 0 Å². The van der Waals surface area contributed by atoms with E-state index in [1.165, 1.54) is 0 Å². The Morgan fingerprint density at radius 1 is 0.926 bits per heavy atom. The van der Waals surface area contributed by atoms with Gasteiger partial charge in [-0.15, -0.1) is 0 Å². The first-order chi connectivity index (χ1) is 13.2. The molecule has 3 aromatic rings. The van der Waals surface area contributed by atoms with Crippen LogP contribution in [0.5, 0.6) is 5.75 Å². The zero-order chi connectivity index (χ0) is 19.1. The maximum atomic E-state index is 13.0. The molecule has 4 heteroatoms. The number of halogens is 1. The van der Waals surface area contributed by atoms with Crippen molar-refractivity contribution in [2.45, 2.75) is 25.5 Å². The second-order valence-electron chi connectivity index (χ2n) is 6.20. The lowest BCUT2D eigenvalue weighted by Gasteiger charge is -2.24. The Bertz CT molecular complexity index is 868. The third kappa shape index (κ3) is 4.98. The van der Waals surface area contributed by atoms with Crippen LogP contribution in [-0.4, -0.2) is 12.0 Å². The lowest BCUT2D eigenvalue weighted by molar-refractivity contribution is -0.128. The summed E-state index contributed by atoms with van der Waals surface area (Å²) >= 11 is 3.61. The molecule has 0 saturated heterocycles. The molecule has 0 aliphatic carbocycles. The second kappa shape index (κ2) is 9.38. The number of hydrogen-bond donors (Lipinski definition) is 1. The number of rotatable bonds is 7. The van der Waals surface area contributed by atoms with Crippen LogP contribution in [0.15, 0.2) is 89.4 Å². The van der Waals surface area contributed by atoms with Crippen LogP contribution in [0.2, 0.25) is 0 Å². The molecule has 0 heterocycles. The molecule has 0 unspecified atom stereocenters. The average molecular weight is 424 g/mol. The summed E-state index contributed by atoms with van der Waals surface area (Å²) in [4.78, 5) is 13.0. The van der Waals surface area contributed by atoms with Crippen molar-refractivity contribution in [1.29, 1.82) is 0 Å². The van der Waals surface area contributed by atoms with Gasteiger partial charge in [0.05, 0.1) is 6.04 Å². The average Bonchev–Trinajstić information content (AvgIpc) is 2.72. The molecule has 27 heavy (non-hydrogen) atoms. The number of carbonyl (C=O) groups is 1. The van der Waals surface area contributed by atoms with E-state index < -0.39 is 6.10 Å². The molecular formula is C23H22BrNO2. The Hall–Kier alpha value is -2.59. The van der Waals surface area contributed by atoms with Gasteiger partial charge in [0.15, 0.2) is 6.10 Å². The summed E-state index contributed by atoms with van der Waals surface area (Å²) < 4.78 is 6.86. The van der Waals surface area contributed by atoms with E-state index in [4.69, 9.17) is 4.74 Å². The number of nitrogens with one attached hydrogen (secondary N) is 1. The lowest BCUT2D eigenvalue weighted by atomic mass is 9.98. The van der Waals surface area contributed by atoms with Crippen molar-refractivity contribution in [2.75, 3.05) is 0 Å². The molecule has 0 bridgehead atoms. The van der Waals surface area contributed by atoms with Gasteiger partial charge in [-0.3, -0.25) is 4.79 Å². The lowest BCUT2D eigenvalue weighted by Crippen LogP contribution is -2.40. The van der Waals surface area contributed by atoms with Crippen molar-refractivity contribution >= 4 is 21.8 Å². The monoisotopic (exact) mass is 423 g/mol. The summed E-state index contributed by atoms with van der Waals surface area (Å²) in [6.45, 7) is 1.95. The van der Waals surface area contributed by atoms with E-state index in [9.17, 15) is 4.79 Å². The first kappa shape index (κ1) is 19.2. The van der Waals surface area contributed by atoms with Gasteiger partial charge < -0.3 is 10.1 Å². The molecule has 1 amide bonds. The molecule has 0 aliphatic rings. The van der Waals surface area contributed by atoms with Crippen molar-refractivity contribution in [1.82, 2.24) is 5.32 Å². The quantitative estimate of drug-likeness (QED) is 0.543. The summed E-state index contributed by atoms with van der Waals surface area (Å²) in [5.74, 6) is 0.558. The molecule has 0 fully saturated rings. The largest absolute Gasteiger partial charge is 0.481 e. The van der Waals surface area contributed by atoms with E-state index in [-0.39, 0.29) is 11.9 Å². The van der Waals surface area contributed by atoms with Gasteiger partial charge in [-0.05, 0) is 35.7 Å². The zero-order valence-electron chi connectivity index (χ0n) is 15.1. The van der Waals surface area contributed by atoms with Crippen molar-refractivity contribution in [3.05, 3.63) is 101 Å². The Morgan fingerprint density at radius 2 is 1.52 bits per heavy atom. The highest BCUT2D eigenvalue weighted by molar-refractivity contribution is 9.10. The van der Waals surface area contributed by atoms with Gasteiger partial charge in [-0.25, -0.2) is 0 Å². The Labute approximate surface area is 168 Å². The molecule has 3 aromatic carbocycles.